The highest BCUT2D eigenvalue weighted by Crippen LogP contribution is 2.19. The van der Waals surface area contributed by atoms with E-state index in [0.717, 1.165) is 18.8 Å². The molecule has 1 fully saturated rings. The van der Waals surface area contributed by atoms with Crippen LogP contribution in [0.1, 0.15) is 5.56 Å². The molecular formula is C11H15FN2OS. The van der Waals surface area contributed by atoms with Crippen molar-refractivity contribution < 1.29 is 8.60 Å². The van der Waals surface area contributed by atoms with Crippen molar-refractivity contribution in [1.82, 2.24) is 0 Å². The maximum Gasteiger partial charge on any atom is 0.129 e. The van der Waals surface area contributed by atoms with Gasteiger partial charge in [0.05, 0.1) is 0 Å². The molecule has 1 aliphatic heterocycles. The first-order chi connectivity index (χ1) is 7.70. The smallest absolute Gasteiger partial charge is 0.129 e. The molecular weight excluding hydrogens is 227 g/mol. The van der Waals surface area contributed by atoms with Crippen LogP contribution in [-0.2, 0) is 17.3 Å². The first-order valence-electron chi connectivity index (χ1n) is 5.29. The number of benzene rings is 1. The van der Waals surface area contributed by atoms with Crippen molar-refractivity contribution in [3.05, 3.63) is 29.6 Å². The Morgan fingerprint density at radius 1 is 1.38 bits per heavy atom. The Morgan fingerprint density at radius 2 is 2.06 bits per heavy atom. The van der Waals surface area contributed by atoms with E-state index in [9.17, 15) is 8.60 Å². The fourth-order valence-electron chi connectivity index (χ4n) is 1.79. The van der Waals surface area contributed by atoms with Crippen molar-refractivity contribution >= 4 is 16.5 Å². The van der Waals surface area contributed by atoms with E-state index in [0.29, 0.717) is 17.1 Å². The molecule has 1 aromatic rings. The van der Waals surface area contributed by atoms with Gasteiger partial charge in [-0.2, -0.15) is 0 Å². The summed E-state index contributed by atoms with van der Waals surface area (Å²) in [4.78, 5) is 2.06. The van der Waals surface area contributed by atoms with Crippen molar-refractivity contribution in [1.29, 1.82) is 0 Å². The molecule has 16 heavy (non-hydrogen) atoms. The van der Waals surface area contributed by atoms with Crippen LogP contribution in [0.25, 0.3) is 0 Å². The Bertz CT molecular complexity index is 401. The van der Waals surface area contributed by atoms with Crippen molar-refractivity contribution in [2.45, 2.75) is 6.54 Å². The zero-order valence-electron chi connectivity index (χ0n) is 8.99. The number of anilines is 1. The minimum Gasteiger partial charge on any atom is -0.370 e. The predicted octanol–water partition coefficient (Wildman–Crippen LogP) is 0.853. The molecule has 0 atom stereocenters. The van der Waals surface area contributed by atoms with Gasteiger partial charge in [0, 0.05) is 53.2 Å². The first-order valence-corrected chi connectivity index (χ1v) is 6.78. The second-order valence-corrected chi connectivity index (χ2v) is 5.51. The van der Waals surface area contributed by atoms with Crippen LogP contribution in [0.4, 0.5) is 10.1 Å². The third kappa shape index (κ3) is 2.41. The monoisotopic (exact) mass is 242 g/mol. The lowest BCUT2D eigenvalue weighted by Crippen LogP contribution is -2.37. The standard InChI is InChI=1S/C11H15FN2OS/c12-11-7-10(2-1-9(11)8-13)14-3-5-16(15)6-4-14/h1-2,7H,3-6,8,13H2. The van der Waals surface area contributed by atoms with Gasteiger partial charge >= 0.3 is 0 Å². The molecule has 1 aliphatic rings. The maximum atomic E-state index is 13.5. The van der Waals surface area contributed by atoms with Crippen LogP contribution in [0.5, 0.6) is 0 Å². The van der Waals surface area contributed by atoms with Crippen LogP contribution in [0, 0.1) is 5.82 Å². The van der Waals surface area contributed by atoms with Crippen LogP contribution in [0.3, 0.4) is 0 Å². The molecule has 88 valence electrons. The Morgan fingerprint density at radius 3 is 2.62 bits per heavy atom. The third-order valence-electron chi connectivity index (χ3n) is 2.80. The number of halogens is 1. The van der Waals surface area contributed by atoms with Gasteiger partial charge in [0.15, 0.2) is 0 Å². The summed E-state index contributed by atoms with van der Waals surface area (Å²) in [5.41, 5.74) is 6.79. The van der Waals surface area contributed by atoms with E-state index in [4.69, 9.17) is 5.73 Å². The maximum absolute atomic E-state index is 13.5. The zero-order chi connectivity index (χ0) is 11.5. The fourth-order valence-corrected chi connectivity index (χ4v) is 2.85. The van der Waals surface area contributed by atoms with Crippen molar-refractivity contribution in [2.24, 2.45) is 5.73 Å². The summed E-state index contributed by atoms with van der Waals surface area (Å²) in [6.45, 7) is 1.68. The molecule has 1 saturated heterocycles. The number of nitrogens with zero attached hydrogens (tertiary/aromatic N) is 1. The van der Waals surface area contributed by atoms with Gasteiger partial charge in [-0.05, 0) is 12.1 Å². The molecule has 5 heteroatoms. The van der Waals surface area contributed by atoms with E-state index < -0.39 is 10.8 Å². The number of rotatable bonds is 2. The highest BCUT2D eigenvalue weighted by atomic mass is 32.2. The van der Waals surface area contributed by atoms with Crippen molar-refractivity contribution in [3.63, 3.8) is 0 Å². The highest BCUT2D eigenvalue weighted by molar-refractivity contribution is 7.85. The molecule has 0 saturated carbocycles. The van der Waals surface area contributed by atoms with E-state index in [-0.39, 0.29) is 12.4 Å². The van der Waals surface area contributed by atoms with Gasteiger partial charge in [-0.3, -0.25) is 4.21 Å². The normalized spacial score (nSPS) is 17.8. The zero-order valence-corrected chi connectivity index (χ0v) is 9.80. The minimum absolute atomic E-state index is 0.218. The van der Waals surface area contributed by atoms with Crippen molar-refractivity contribution in [2.75, 3.05) is 29.5 Å². The van der Waals surface area contributed by atoms with Gasteiger partial charge < -0.3 is 10.6 Å². The Hall–Kier alpha value is -0.940. The predicted molar refractivity (Wildman–Crippen MR) is 64.4 cm³/mol. The lowest BCUT2D eigenvalue weighted by atomic mass is 10.2. The second-order valence-electron chi connectivity index (χ2n) is 3.81. The van der Waals surface area contributed by atoms with Gasteiger partial charge in [0.25, 0.3) is 0 Å². The largest absolute Gasteiger partial charge is 0.370 e. The summed E-state index contributed by atoms with van der Waals surface area (Å²) in [5, 5.41) is 0. The van der Waals surface area contributed by atoms with E-state index in [1.165, 1.54) is 6.07 Å². The molecule has 1 aromatic carbocycles. The SMILES string of the molecule is NCc1ccc(N2CCS(=O)CC2)cc1F. The molecule has 2 N–H and O–H groups in total. The van der Waals surface area contributed by atoms with Gasteiger partial charge in [-0.25, -0.2) is 4.39 Å². The van der Waals surface area contributed by atoms with Crippen molar-refractivity contribution in [3.8, 4) is 0 Å². The third-order valence-corrected chi connectivity index (χ3v) is 4.08. The van der Waals surface area contributed by atoms with Crippen LogP contribution in [-0.4, -0.2) is 28.8 Å². The minimum atomic E-state index is -0.701. The lowest BCUT2D eigenvalue weighted by molar-refractivity contribution is 0.609. The first kappa shape index (κ1) is 11.5. The van der Waals surface area contributed by atoms with Gasteiger partial charge in [-0.15, -0.1) is 0 Å². The molecule has 0 aliphatic carbocycles. The van der Waals surface area contributed by atoms with E-state index in [1.807, 2.05) is 6.07 Å². The van der Waals surface area contributed by atoms with Crippen LogP contribution >= 0.6 is 0 Å². The molecule has 0 unspecified atom stereocenters. The molecule has 0 radical (unpaired) electrons. The average molecular weight is 242 g/mol. The summed E-state index contributed by atoms with van der Waals surface area (Å²) >= 11 is 0. The summed E-state index contributed by atoms with van der Waals surface area (Å²) in [7, 11) is -0.701. The van der Waals surface area contributed by atoms with Gasteiger partial charge in [-0.1, -0.05) is 6.07 Å². The Labute approximate surface area is 96.9 Å². The molecule has 0 spiro atoms. The molecule has 3 nitrogen and oxygen atoms in total. The summed E-state index contributed by atoms with van der Waals surface area (Å²) in [5.74, 6) is 1.08. The lowest BCUT2D eigenvalue weighted by Gasteiger charge is -2.28. The molecule has 1 heterocycles. The van der Waals surface area contributed by atoms with Crippen LogP contribution in [0.15, 0.2) is 18.2 Å². The molecule has 2 rings (SSSR count). The van der Waals surface area contributed by atoms with Gasteiger partial charge in [0.1, 0.15) is 5.82 Å². The van der Waals surface area contributed by atoms with E-state index >= 15 is 0 Å². The quantitative estimate of drug-likeness (QED) is 0.836. The average Bonchev–Trinajstić information content (AvgIpc) is 2.30. The summed E-state index contributed by atoms with van der Waals surface area (Å²) in [6.07, 6.45) is 0. The fraction of sp³-hybridized carbons (Fsp3) is 0.455. The molecule has 0 bridgehead atoms. The van der Waals surface area contributed by atoms with Crippen LogP contribution < -0.4 is 10.6 Å². The van der Waals surface area contributed by atoms with E-state index in [2.05, 4.69) is 4.90 Å². The van der Waals surface area contributed by atoms with Gasteiger partial charge in [0.2, 0.25) is 0 Å². The summed E-state index contributed by atoms with van der Waals surface area (Å²) in [6, 6.07) is 5.10. The van der Waals surface area contributed by atoms with Crippen LogP contribution in [0.2, 0.25) is 0 Å². The van der Waals surface area contributed by atoms with E-state index in [1.54, 1.807) is 6.07 Å². The topological polar surface area (TPSA) is 46.3 Å². The number of nitrogens with two attached hydrogens (primary N) is 1. The second kappa shape index (κ2) is 4.93. The molecule has 0 amide bonds. The summed E-state index contributed by atoms with van der Waals surface area (Å²) < 4.78 is 24.7. The number of hydrogen-bond acceptors (Lipinski definition) is 3. The number of hydrogen-bond donors (Lipinski definition) is 1. The Balaban J connectivity index is 2.15. The molecule has 0 aromatic heterocycles. The highest BCUT2D eigenvalue weighted by Gasteiger charge is 2.16. The Kier molecular flexibility index (Phi) is 3.56.